The van der Waals surface area contributed by atoms with E-state index in [0.717, 1.165) is 56.1 Å². The van der Waals surface area contributed by atoms with Crippen molar-refractivity contribution in [2.24, 2.45) is 0 Å². The fraction of sp³-hybridized carbons (Fsp3) is 0.353. The van der Waals surface area contributed by atoms with Crippen molar-refractivity contribution in [3.8, 4) is 0 Å². The fourth-order valence-corrected chi connectivity index (χ4v) is 5.24. The van der Waals surface area contributed by atoms with Crippen molar-refractivity contribution in [2.45, 2.75) is 76.8 Å². The van der Waals surface area contributed by atoms with Gasteiger partial charge in [0, 0.05) is 5.41 Å². The zero-order valence-electron chi connectivity index (χ0n) is 21.3. The van der Waals surface area contributed by atoms with Gasteiger partial charge >= 0.3 is 0 Å². The second-order valence-electron chi connectivity index (χ2n) is 10.0. The maximum Gasteiger partial charge on any atom is 0.132 e. The van der Waals surface area contributed by atoms with E-state index in [1.54, 1.807) is 0 Å². The van der Waals surface area contributed by atoms with Crippen molar-refractivity contribution < 1.29 is 4.39 Å². The van der Waals surface area contributed by atoms with E-state index in [0.29, 0.717) is 0 Å². The Hall–Kier alpha value is -2.93. The van der Waals surface area contributed by atoms with Gasteiger partial charge in [0.05, 0.1) is 0 Å². The first kappa shape index (κ1) is 25.2. The lowest BCUT2D eigenvalue weighted by atomic mass is 9.69. The van der Waals surface area contributed by atoms with Gasteiger partial charge in [-0.05, 0) is 78.0 Å². The van der Waals surface area contributed by atoms with Gasteiger partial charge in [-0.3, -0.25) is 0 Å². The molecule has 182 valence electrons. The quantitative estimate of drug-likeness (QED) is 0.264. The maximum absolute atomic E-state index is 16.0. The lowest BCUT2D eigenvalue weighted by molar-refractivity contribution is 0.259. The van der Waals surface area contributed by atoms with E-state index in [9.17, 15) is 0 Å². The second kappa shape index (κ2) is 12.2. The molecule has 4 rings (SSSR count). The minimum Gasteiger partial charge on any atom is -0.242 e. The molecule has 0 spiro atoms. The maximum atomic E-state index is 16.0. The Kier molecular flexibility index (Phi) is 8.74. The first-order valence-electron chi connectivity index (χ1n) is 13.4. The Morgan fingerprint density at radius 3 is 1.66 bits per heavy atom. The number of alkyl halides is 1. The van der Waals surface area contributed by atoms with E-state index < -0.39 is 11.6 Å². The van der Waals surface area contributed by atoms with E-state index >= 15 is 4.39 Å². The molecule has 0 aromatic heterocycles. The van der Waals surface area contributed by atoms with E-state index in [1.807, 2.05) is 24.3 Å². The van der Waals surface area contributed by atoms with Crippen LogP contribution >= 0.6 is 0 Å². The fourth-order valence-electron chi connectivity index (χ4n) is 5.24. The first-order chi connectivity index (χ1) is 17.1. The number of hydrogen-bond acceptors (Lipinski definition) is 0. The van der Waals surface area contributed by atoms with Crippen LogP contribution in [0.5, 0.6) is 0 Å². The number of rotatable bonds is 11. The summed E-state index contributed by atoms with van der Waals surface area (Å²) in [7, 11) is 0. The predicted molar refractivity (Wildman–Crippen MR) is 148 cm³/mol. The second-order valence-corrected chi connectivity index (χ2v) is 10.0. The van der Waals surface area contributed by atoms with Gasteiger partial charge in [0.15, 0.2) is 0 Å². The Balaban J connectivity index is 1.46. The van der Waals surface area contributed by atoms with E-state index in [-0.39, 0.29) is 0 Å². The van der Waals surface area contributed by atoms with Crippen molar-refractivity contribution >= 4 is 0 Å². The summed E-state index contributed by atoms with van der Waals surface area (Å²) in [6, 6.07) is 28.0. The average molecular weight is 467 g/mol. The molecule has 1 aliphatic carbocycles. The third-order valence-corrected chi connectivity index (χ3v) is 7.41. The van der Waals surface area contributed by atoms with E-state index in [1.165, 1.54) is 28.7 Å². The third kappa shape index (κ3) is 6.40. The lowest BCUT2D eigenvalue weighted by Gasteiger charge is -2.36. The molecule has 3 aromatic carbocycles. The number of allylic oxidation sites excluding steroid dienone is 4. The van der Waals surface area contributed by atoms with Crippen molar-refractivity contribution in [3.05, 3.63) is 130 Å². The number of halogens is 1. The van der Waals surface area contributed by atoms with Crippen molar-refractivity contribution in [2.75, 3.05) is 0 Å². The van der Waals surface area contributed by atoms with Crippen LogP contribution in [0.25, 0.3) is 0 Å². The summed E-state index contributed by atoms with van der Waals surface area (Å²) in [6.07, 6.45) is 13.2. The van der Waals surface area contributed by atoms with Gasteiger partial charge in [-0.25, -0.2) is 4.39 Å². The van der Waals surface area contributed by atoms with Gasteiger partial charge in [-0.2, -0.15) is 0 Å². The first-order valence-corrected chi connectivity index (χ1v) is 13.4. The highest BCUT2D eigenvalue weighted by Gasteiger charge is 2.39. The zero-order chi connectivity index (χ0) is 24.5. The molecule has 1 aliphatic rings. The van der Waals surface area contributed by atoms with Crippen LogP contribution in [0.15, 0.2) is 103 Å². The number of hydrogen-bond donors (Lipinski definition) is 0. The monoisotopic (exact) mass is 466 g/mol. The van der Waals surface area contributed by atoms with Crippen LogP contribution in [-0.2, 0) is 31.1 Å². The average Bonchev–Trinajstić information content (AvgIpc) is 2.90. The standard InChI is InChI=1S/C34H39F/c1-3-8-27-12-16-29(17-13-27)20-21-31-23-25-34(33(35)26-31,32-10-6-5-7-11-32)24-22-30-18-14-28(9-4-2)15-19-30/h5-7,10-19,23,25-26,33H,3-4,8-9,20-22,24H2,1-2H3. The largest absolute Gasteiger partial charge is 0.242 e. The molecule has 0 N–H and O–H groups in total. The molecule has 0 nitrogen and oxygen atoms in total. The molecule has 0 saturated heterocycles. The molecule has 1 heteroatoms. The van der Waals surface area contributed by atoms with Gasteiger partial charge in [-0.15, -0.1) is 0 Å². The van der Waals surface area contributed by atoms with Crippen LogP contribution in [0, 0.1) is 0 Å². The highest BCUT2D eigenvalue weighted by atomic mass is 19.1. The van der Waals surface area contributed by atoms with Gasteiger partial charge in [0.2, 0.25) is 0 Å². The summed E-state index contributed by atoms with van der Waals surface area (Å²) >= 11 is 0. The Morgan fingerprint density at radius 1 is 0.629 bits per heavy atom. The van der Waals surface area contributed by atoms with Gasteiger partial charge in [0.1, 0.15) is 6.17 Å². The van der Waals surface area contributed by atoms with Crippen molar-refractivity contribution in [1.82, 2.24) is 0 Å². The van der Waals surface area contributed by atoms with E-state index in [4.69, 9.17) is 0 Å². The highest BCUT2D eigenvalue weighted by Crippen LogP contribution is 2.41. The smallest absolute Gasteiger partial charge is 0.132 e. The topological polar surface area (TPSA) is 0 Å². The molecule has 0 saturated carbocycles. The molecule has 0 aliphatic heterocycles. The molecule has 0 bridgehead atoms. The zero-order valence-corrected chi connectivity index (χ0v) is 21.3. The summed E-state index contributed by atoms with van der Waals surface area (Å²) in [5, 5.41) is 0. The van der Waals surface area contributed by atoms with Crippen LogP contribution in [0.3, 0.4) is 0 Å². The van der Waals surface area contributed by atoms with Crippen LogP contribution in [0.1, 0.15) is 67.3 Å². The van der Waals surface area contributed by atoms with Crippen molar-refractivity contribution in [3.63, 3.8) is 0 Å². The Labute approximate surface area is 211 Å². The molecule has 0 heterocycles. The number of aryl methyl sites for hydroxylation is 4. The summed E-state index contributed by atoms with van der Waals surface area (Å²) in [5.41, 5.74) is 6.92. The molecule has 0 radical (unpaired) electrons. The minimum absolute atomic E-state index is 0.616. The van der Waals surface area contributed by atoms with Gasteiger partial charge < -0.3 is 0 Å². The highest BCUT2D eigenvalue weighted by molar-refractivity contribution is 5.42. The van der Waals surface area contributed by atoms with Crippen LogP contribution in [0.4, 0.5) is 4.39 Å². The Morgan fingerprint density at radius 2 is 1.14 bits per heavy atom. The minimum atomic E-state index is -1.03. The number of benzene rings is 3. The molecule has 2 atom stereocenters. The summed E-state index contributed by atoms with van der Waals surface area (Å²) < 4.78 is 16.0. The molecular weight excluding hydrogens is 427 g/mol. The van der Waals surface area contributed by atoms with Gasteiger partial charge in [-0.1, -0.05) is 118 Å². The molecule has 35 heavy (non-hydrogen) atoms. The molecule has 0 fully saturated rings. The van der Waals surface area contributed by atoms with Crippen LogP contribution in [0.2, 0.25) is 0 Å². The molecule has 2 unspecified atom stereocenters. The molecular formula is C34H39F. The lowest BCUT2D eigenvalue weighted by Crippen LogP contribution is -2.36. The SMILES string of the molecule is CCCc1ccc(CCC2=CC(F)C(CCc3ccc(CCC)cc3)(c3ccccc3)C=C2)cc1. The third-order valence-electron chi connectivity index (χ3n) is 7.41. The van der Waals surface area contributed by atoms with E-state index in [2.05, 4.69) is 86.7 Å². The molecule has 3 aromatic rings. The molecule has 0 amide bonds. The summed E-state index contributed by atoms with van der Waals surface area (Å²) in [6.45, 7) is 4.42. The predicted octanol–water partition coefficient (Wildman–Crippen LogP) is 8.93. The van der Waals surface area contributed by atoms with Crippen molar-refractivity contribution in [1.29, 1.82) is 0 Å². The summed E-state index contributed by atoms with van der Waals surface area (Å²) in [5.74, 6) is 0. The summed E-state index contributed by atoms with van der Waals surface area (Å²) in [4.78, 5) is 0. The van der Waals surface area contributed by atoms with Gasteiger partial charge in [0.25, 0.3) is 0 Å². The van der Waals surface area contributed by atoms with Crippen LogP contribution < -0.4 is 0 Å². The van der Waals surface area contributed by atoms with Crippen LogP contribution in [-0.4, -0.2) is 6.17 Å². The normalized spacial score (nSPS) is 19.5. The Bertz CT molecular complexity index is 1110.